The molecule has 2 amide bonds. The average molecular weight is 365 g/mol. The van der Waals surface area contributed by atoms with Gasteiger partial charge in [0.2, 0.25) is 0 Å². The highest BCUT2D eigenvalue weighted by atomic mass is 35.5. The standard InChI is InChI=1S/C15H13ClN4O5/c1-9-13(18-20(17-9)11-4-2-3-10(16)7-11)14(22)25-8-12(21)19-5-6-24-15(19)23/h2-4,7H,5-6,8H2,1H3. The lowest BCUT2D eigenvalue weighted by molar-refractivity contribution is -0.131. The molecule has 1 saturated heterocycles. The van der Waals surface area contributed by atoms with Gasteiger partial charge in [-0.05, 0) is 25.1 Å². The highest BCUT2D eigenvalue weighted by Crippen LogP contribution is 2.15. The van der Waals surface area contributed by atoms with Crippen LogP contribution in [0.25, 0.3) is 5.69 Å². The third-order valence-electron chi connectivity index (χ3n) is 3.40. The van der Waals surface area contributed by atoms with Crippen LogP contribution < -0.4 is 0 Å². The highest BCUT2D eigenvalue weighted by molar-refractivity contribution is 6.30. The number of hydrogen-bond acceptors (Lipinski definition) is 7. The van der Waals surface area contributed by atoms with Crippen molar-refractivity contribution >= 4 is 29.6 Å². The van der Waals surface area contributed by atoms with Gasteiger partial charge in [0.1, 0.15) is 6.61 Å². The maximum absolute atomic E-state index is 12.1. The van der Waals surface area contributed by atoms with Crippen LogP contribution in [0.4, 0.5) is 4.79 Å². The minimum Gasteiger partial charge on any atom is -0.451 e. The topological polar surface area (TPSA) is 104 Å². The van der Waals surface area contributed by atoms with Crippen LogP contribution in [0.15, 0.2) is 24.3 Å². The smallest absolute Gasteiger partial charge is 0.416 e. The molecule has 1 aromatic carbocycles. The molecule has 10 heteroatoms. The molecule has 0 saturated carbocycles. The van der Waals surface area contributed by atoms with E-state index in [2.05, 4.69) is 14.9 Å². The molecular weight excluding hydrogens is 352 g/mol. The molecule has 9 nitrogen and oxygen atoms in total. The first-order valence-corrected chi connectivity index (χ1v) is 7.67. The number of benzene rings is 1. The number of imide groups is 1. The fraction of sp³-hybridized carbons (Fsp3) is 0.267. The molecule has 130 valence electrons. The van der Waals surface area contributed by atoms with Crippen molar-refractivity contribution in [1.82, 2.24) is 19.9 Å². The number of carbonyl (C=O) groups is 3. The highest BCUT2D eigenvalue weighted by Gasteiger charge is 2.29. The summed E-state index contributed by atoms with van der Waals surface area (Å²) in [5, 5.41) is 8.70. The molecule has 0 spiro atoms. The van der Waals surface area contributed by atoms with Crippen molar-refractivity contribution in [3.05, 3.63) is 40.7 Å². The minimum absolute atomic E-state index is 0.0308. The Morgan fingerprint density at radius 3 is 2.84 bits per heavy atom. The second kappa shape index (κ2) is 6.89. The van der Waals surface area contributed by atoms with Crippen LogP contribution in [-0.2, 0) is 14.3 Å². The first-order chi connectivity index (χ1) is 12.0. The average Bonchev–Trinajstić information content (AvgIpc) is 3.18. The largest absolute Gasteiger partial charge is 0.451 e. The van der Waals surface area contributed by atoms with Crippen molar-refractivity contribution in [2.45, 2.75) is 6.92 Å². The number of carbonyl (C=O) groups excluding carboxylic acids is 3. The van der Waals surface area contributed by atoms with E-state index >= 15 is 0 Å². The van der Waals surface area contributed by atoms with Crippen molar-refractivity contribution in [3.63, 3.8) is 0 Å². The first kappa shape index (κ1) is 16.9. The Bertz CT molecular complexity index is 850. The fourth-order valence-corrected chi connectivity index (χ4v) is 2.36. The summed E-state index contributed by atoms with van der Waals surface area (Å²) in [5.74, 6) is -1.47. The molecule has 2 heterocycles. The van der Waals surface area contributed by atoms with E-state index in [9.17, 15) is 14.4 Å². The predicted octanol–water partition coefficient (Wildman–Crippen LogP) is 1.36. The maximum Gasteiger partial charge on any atom is 0.416 e. The number of amides is 2. The normalized spacial score (nSPS) is 13.7. The molecule has 1 aliphatic heterocycles. The van der Waals surface area contributed by atoms with E-state index in [0.717, 1.165) is 4.90 Å². The molecule has 0 bridgehead atoms. The molecule has 1 aliphatic rings. The Hall–Kier alpha value is -2.94. The van der Waals surface area contributed by atoms with Gasteiger partial charge < -0.3 is 9.47 Å². The number of aromatic nitrogens is 3. The van der Waals surface area contributed by atoms with Gasteiger partial charge in [-0.25, -0.2) is 14.5 Å². The summed E-state index contributed by atoms with van der Waals surface area (Å²) >= 11 is 5.92. The lowest BCUT2D eigenvalue weighted by Gasteiger charge is -2.10. The maximum atomic E-state index is 12.1. The van der Waals surface area contributed by atoms with Gasteiger partial charge in [-0.1, -0.05) is 17.7 Å². The van der Waals surface area contributed by atoms with Gasteiger partial charge >= 0.3 is 12.1 Å². The zero-order chi connectivity index (χ0) is 18.0. The Morgan fingerprint density at radius 2 is 2.16 bits per heavy atom. The van der Waals surface area contributed by atoms with Crippen LogP contribution >= 0.6 is 11.6 Å². The summed E-state index contributed by atoms with van der Waals surface area (Å²) in [7, 11) is 0. The second-order valence-electron chi connectivity index (χ2n) is 5.14. The van der Waals surface area contributed by atoms with E-state index < -0.39 is 24.6 Å². The molecule has 0 N–H and O–H groups in total. The van der Waals surface area contributed by atoms with Gasteiger partial charge in [0.05, 0.1) is 17.9 Å². The summed E-state index contributed by atoms with van der Waals surface area (Å²) in [6, 6.07) is 6.79. The molecule has 25 heavy (non-hydrogen) atoms. The molecule has 0 atom stereocenters. The third kappa shape index (κ3) is 3.61. The number of ether oxygens (including phenoxy) is 2. The predicted molar refractivity (Wildman–Crippen MR) is 84.4 cm³/mol. The van der Waals surface area contributed by atoms with Crippen LogP contribution in [0.2, 0.25) is 5.02 Å². The van der Waals surface area contributed by atoms with Gasteiger partial charge in [0.25, 0.3) is 5.91 Å². The fourth-order valence-electron chi connectivity index (χ4n) is 2.18. The van der Waals surface area contributed by atoms with E-state index in [1.807, 2.05) is 0 Å². The van der Waals surface area contributed by atoms with Crippen molar-refractivity contribution < 1.29 is 23.9 Å². The summed E-state index contributed by atoms with van der Waals surface area (Å²) < 4.78 is 9.57. The Labute approximate surface area is 147 Å². The van der Waals surface area contributed by atoms with Crippen LogP contribution in [0.1, 0.15) is 16.2 Å². The number of esters is 1. The van der Waals surface area contributed by atoms with Gasteiger partial charge in [0, 0.05) is 5.02 Å². The number of nitrogens with zero attached hydrogens (tertiary/aromatic N) is 4. The number of hydrogen-bond donors (Lipinski definition) is 0. The number of rotatable bonds is 4. The van der Waals surface area contributed by atoms with Crippen LogP contribution in [-0.4, -0.2) is 57.6 Å². The lowest BCUT2D eigenvalue weighted by atomic mass is 10.3. The Balaban J connectivity index is 1.68. The quantitative estimate of drug-likeness (QED) is 0.754. The lowest BCUT2D eigenvalue weighted by Crippen LogP contribution is -2.35. The summed E-state index contributed by atoms with van der Waals surface area (Å²) in [4.78, 5) is 37.4. The Morgan fingerprint density at radius 1 is 1.36 bits per heavy atom. The molecule has 0 unspecified atom stereocenters. The number of cyclic esters (lactones) is 1. The zero-order valence-corrected chi connectivity index (χ0v) is 13.9. The zero-order valence-electron chi connectivity index (χ0n) is 13.1. The third-order valence-corrected chi connectivity index (χ3v) is 3.64. The van der Waals surface area contributed by atoms with E-state index in [1.54, 1.807) is 31.2 Å². The van der Waals surface area contributed by atoms with Gasteiger partial charge in [0.15, 0.2) is 12.3 Å². The minimum atomic E-state index is -0.813. The van der Waals surface area contributed by atoms with Crippen LogP contribution in [0.3, 0.4) is 0 Å². The van der Waals surface area contributed by atoms with Gasteiger partial charge in [-0.2, -0.15) is 9.90 Å². The van der Waals surface area contributed by atoms with Crippen molar-refractivity contribution in [1.29, 1.82) is 0 Å². The second-order valence-corrected chi connectivity index (χ2v) is 5.58. The van der Waals surface area contributed by atoms with Crippen LogP contribution in [0.5, 0.6) is 0 Å². The van der Waals surface area contributed by atoms with E-state index in [-0.39, 0.29) is 18.8 Å². The van der Waals surface area contributed by atoms with E-state index in [0.29, 0.717) is 16.4 Å². The van der Waals surface area contributed by atoms with Gasteiger partial charge in [-0.15, -0.1) is 5.10 Å². The first-order valence-electron chi connectivity index (χ1n) is 7.30. The molecule has 1 fully saturated rings. The number of aryl methyl sites for hydroxylation is 1. The van der Waals surface area contributed by atoms with Crippen LogP contribution in [0, 0.1) is 6.92 Å². The van der Waals surface area contributed by atoms with E-state index in [1.165, 1.54) is 4.80 Å². The SMILES string of the molecule is Cc1nn(-c2cccc(Cl)c2)nc1C(=O)OCC(=O)N1CCOC1=O. The van der Waals surface area contributed by atoms with E-state index in [4.69, 9.17) is 16.3 Å². The van der Waals surface area contributed by atoms with Crippen molar-refractivity contribution in [2.24, 2.45) is 0 Å². The molecule has 1 aromatic heterocycles. The van der Waals surface area contributed by atoms with Crippen molar-refractivity contribution in [3.8, 4) is 5.69 Å². The van der Waals surface area contributed by atoms with Crippen molar-refractivity contribution in [2.75, 3.05) is 19.8 Å². The molecule has 3 rings (SSSR count). The molecule has 0 radical (unpaired) electrons. The Kier molecular flexibility index (Phi) is 4.66. The molecule has 0 aliphatic carbocycles. The monoisotopic (exact) mass is 364 g/mol. The summed E-state index contributed by atoms with van der Waals surface area (Å²) in [6.07, 6.45) is -0.746. The molecule has 2 aromatic rings. The summed E-state index contributed by atoms with van der Waals surface area (Å²) in [5.41, 5.74) is 0.875. The van der Waals surface area contributed by atoms with Gasteiger partial charge in [-0.3, -0.25) is 4.79 Å². The summed E-state index contributed by atoms with van der Waals surface area (Å²) in [6.45, 7) is 1.27. The molecular formula is C15H13ClN4O5. The number of halogens is 1.